The lowest BCUT2D eigenvalue weighted by Crippen LogP contribution is -2.07. The number of benzene rings is 1. The molecular weight excluding hydrogens is 185 g/mol. The summed E-state index contributed by atoms with van der Waals surface area (Å²) in [6.45, 7) is -0.0323. The topological polar surface area (TPSA) is 44.5 Å². The number of alkyl halides is 1. The molecular formula is C10H14FNO2. The highest BCUT2D eigenvalue weighted by Crippen LogP contribution is 2.30. The summed E-state index contributed by atoms with van der Waals surface area (Å²) < 4.78 is 23.3. The normalized spacial score (nSPS) is 12.3. The summed E-state index contributed by atoms with van der Waals surface area (Å²) in [5, 5.41) is 0. The molecule has 0 aliphatic heterocycles. The van der Waals surface area contributed by atoms with Crippen LogP contribution in [0.15, 0.2) is 18.2 Å². The highest BCUT2D eigenvalue weighted by Gasteiger charge is 2.11. The van der Waals surface area contributed by atoms with Crippen LogP contribution in [0.2, 0.25) is 0 Å². The average molecular weight is 199 g/mol. The Balaban J connectivity index is 3.01. The largest absolute Gasteiger partial charge is 0.493 e. The lowest BCUT2D eigenvalue weighted by molar-refractivity contribution is 0.339. The second kappa shape index (κ2) is 4.81. The quantitative estimate of drug-likeness (QED) is 0.802. The monoisotopic (exact) mass is 199 g/mol. The van der Waals surface area contributed by atoms with Gasteiger partial charge in [-0.05, 0) is 17.7 Å². The van der Waals surface area contributed by atoms with Gasteiger partial charge in [0.2, 0.25) is 0 Å². The fourth-order valence-corrected chi connectivity index (χ4v) is 1.18. The zero-order chi connectivity index (χ0) is 10.6. The SMILES string of the molecule is COc1ccc([C@H](F)CN)cc1OC. The zero-order valence-corrected chi connectivity index (χ0v) is 8.29. The van der Waals surface area contributed by atoms with Gasteiger partial charge in [0.1, 0.15) is 6.17 Å². The van der Waals surface area contributed by atoms with Crippen molar-refractivity contribution in [3.63, 3.8) is 0 Å². The van der Waals surface area contributed by atoms with Gasteiger partial charge in [0.25, 0.3) is 0 Å². The van der Waals surface area contributed by atoms with E-state index in [0.29, 0.717) is 17.1 Å². The van der Waals surface area contributed by atoms with Crippen molar-refractivity contribution in [1.29, 1.82) is 0 Å². The minimum atomic E-state index is -1.16. The maximum absolute atomic E-state index is 13.2. The van der Waals surface area contributed by atoms with Gasteiger partial charge >= 0.3 is 0 Å². The Morgan fingerprint density at radius 1 is 1.29 bits per heavy atom. The maximum Gasteiger partial charge on any atom is 0.161 e. The van der Waals surface area contributed by atoms with Crippen molar-refractivity contribution in [2.75, 3.05) is 20.8 Å². The molecule has 0 radical (unpaired) electrons. The molecule has 0 fully saturated rings. The number of nitrogens with two attached hydrogens (primary N) is 1. The second-order valence-electron chi connectivity index (χ2n) is 2.82. The van der Waals surface area contributed by atoms with E-state index in [4.69, 9.17) is 15.2 Å². The van der Waals surface area contributed by atoms with Crippen molar-refractivity contribution < 1.29 is 13.9 Å². The average Bonchev–Trinajstić information content (AvgIpc) is 2.26. The van der Waals surface area contributed by atoms with Crippen LogP contribution in [0.1, 0.15) is 11.7 Å². The van der Waals surface area contributed by atoms with E-state index in [2.05, 4.69) is 0 Å². The van der Waals surface area contributed by atoms with E-state index in [-0.39, 0.29) is 6.54 Å². The van der Waals surface area contributed by atoms with Crippen LogP contribution in [0, 0.1) is 0 Å². The van der Waals surface area contributed by atoms with Crippen LogP contribution in [-0.2, 0) is 0 Å². The van der Waals surface area contributed by atoms with Crippen molar-refractivity contribution in [2.24, 2.45) is 5.73 Å². The van der Waals surface area contributed by atoms with Crippen molar-refractivity contribution in [3.05, 3.63) is 23.8 Å². The van der Waals surface area contributed by atoms with Crippen LogP contribution >= 0.6 is 0 Å². The van der Waals surface area contributed by atoms with Gasteiger partial charge in [-0.1, -0.05) is 6.07 Å². The number of halogens is 1. The second-order valence-corrected chi connectivity index (χ2v) is 2.82. The summed E-state index contributed by atoms with van der Waals surface area (Å²) in [5.74, 6) is 1.10. The molecule has 14 heavy (non-hydrogen) atoms. The van der Waals surface area contributed by atoms with Gasteiger partial charge in [0, 0.05) is 6.54 Å². The first-order valence-corrected chi connectivity index (χ1v) is 4.29. The molecule has 1 atom stereocenters. The van der Waals surface area contributed by atoms with Gasteiger partial charge in [0.05, 0.1) is 14.2 Å². The highest BCUT2D eigenvalue weighted by atomic mass is 19.1. The molecule has 0 saturated heterocycles. The van der Waals surface area contributed by atoms with Crippen molar-refractivity contribution in [3.8, 4) is 11.5 Å². The molecule has 0 saturated carbocycles. The van der Waals surface area contributed by atoms with Gasteiger partial charge in [-0.3, -0.25) is 0 Å². The van der Waals surface area contributed by atoms with Crippen molar-refractivity contribution >= 4 is 0 Å². The van der Waals surface area contributed by atoms with E-state index in [9.17, 15) is 4.39 Å². The van der Waals surface area contributed by atoms with E-state index in [1.807, 2.05) is 0 Å². The van der Waals surface area contributed by atoms with E-state index in [0.717, 1.165) is 0 Å². The van der Waals surface area contributed by atoms with Gasteiger partial charge in [-0.2, -0.15) is 0 Å². The summed E-state index contributed by atoms with van der Waals surface area (Å²) in [6.07, 6.45) is -1.16. The van der Waals surface area contributed by atoms with E-state index < -0.39 is 6.17 Å². The zero-order valence-electron chi connectivity index (χ0n) is 8.29. The summed E-state index contributed by atoms with van der Waals surface area (Å²) in [7, 11) is 3.05. The molecule has 0 aliphatic carbocycles. The minimum absolute atomic E-state index is 0.0323. The third-order valence-corrected chi connectivity index (χ3v) is 1.98. The molecule has 1 rings (SSSR count). The van der Waals surface area contributed by atoms with Gasteiger partial charge in [0.15, 0.2) is 11.5 Å². The van der Waals surface area contributed by atoms with Crippen LogP contribution in [0.4, 0.5) is 4.39 Å². The number of hydrogen-bond donors (Lipinski definition) is 1. The molecule has 0 bridgehead atoms. The van der Waals surface area contributed by atoms with Crippen LogP contribution < -0.4 is 15.2 Å². The number of hydrogen-bond acceptors (Lipinski definition) is 3. The van der Waals surface area contributed by atoms with E-state index in [1.165, 1.54) is 14.2 Å². The Kier molecular flexibility index (Phi) is 3.71. The van der Waals surface area contributed by atoms with Crippen molar-refractivity contribution in [2.45, 2.75) is 6.17 Å². The molecule has 0 unspecified atom stereocenters. The standard InChI is InChI=1S/C10H14FNO2/c1-13-9-4-3-7(8(11)6-12)5-10(9)14-2/h3-5,8H,6,12H2,1-2H3/t8-/m1/s1. The molecule has 3 nitrogen and oxygen atoms in total. The van der Waals surface area contributed by atoms with Crippen LogP contribution in [0.5, 0.6) is 11.5 Å². The maximum atomic E-state index is 13.2. The molecule has 0 amide bonds. The van der Waals surface area contributed by atoms with Crippen molar-refractivity contribution in [1.82, 2.24) is 0 Å². The lowest BCUT2D eigenvalue weighted by atomic mass is 10.1. The van der Waals surface area contributed by atoms with Gasteiger partial charge < -0.3 is 15.2 Å². The molecule has 4 heteroatoms. The molecule has 1 aromatic carbocycles. The van der Waals surface area contributed by atoms with Crippen LogP contribution in [0.3, 0.4) is 0 Å². The van der Waals surface area contributed by atoms with E-state index >= 15 is 0 Å². The summed E-state index contributed by atoms with van der Waals surface area (Å²) in [5.41, 5.74) is 5.72. The summed E-state index contributed by atoms with van der Waals surface area (Å²) >= 11 is 0. The molecule has 0 heterocycles. The third-order valence-electron chi connectivity index (χ3n) is 1.98. The Bertz CT molecular complexity index is 304. The Labute approximate surface area is 82.6 Å². The van der Waals surface area contributed by atoms with Crippen LogP contribution in [-0.4, -0.2) is 20.8 Å². The predicted molar refractivity (Wildman–Crippen MR) is 52.4 cm³/mol. The fourth-order valence-electron chi connectivity index (χ4n) is 1.18. The molecule has 78 valence electrons. The highest BCUT2D eigenvalue weighted by molar-refractivity contribution is 5.43. The molecule has 0 aromatic heterocycles. The lowest BCUT2D eigenvalue weighted by Gasteiger charge is -2.11. The van der Waals surface area contributed by atoms with Gasteiger partial charge in [-0.15, -0.1) is 0 Å². The summed E-state index contributed by atoms with van der Waals surface area (Å²) in [4.78, 5) is 0. The molecule has 0 aliphatic rings. The number of methoxy groups -OCH3 is 2. The fraction of sp³-hybridized carbons (Fsp3) is 0.400. The Morgan fingerprint density at radius 2 is 1.93 bits per heavy atom. The van der Waals surface area contributed by atoms with Gasteiger partial charge in [-0.25, -0.2) is 4.39 Å². The minimum Gasteiger partial charge on any atom is -0.493 e. The Hall–Kier alpha value is -1.29. The predicted octanol–water partition coefficient (Wildman–Crippen LogP) is 1.67. The first-order chi connectivity index (χ1) is 6.72. The third kappa shape index (κ3) is 2.14. The van der Waals surface area contributed by atoms with E-state index in [1.54, 1.807) is 18.2 Å². The van der Waals surface area contributed by atoms with Crippen LogP contribution in [0.25, 0.3) is 0 Å². The molecule has 1 aromatic rings. The number of ether oxygens (including phenoxy) is 2. The first kappa shape index (κ1) is 10.8. The first-order valence-electron chi connectivity index (χ1n) is 4.29. The molecule has 2 N–H and O–H groups in total. The number of rotatable bonds is 4. The summed E-state index contributed by atoms with van der Waals surface area (Å²) in [6, 6.07) is 4.89. The molecule has 0 spiro atoms. The Morgan fingerprint density at radius 3 is 2.43 bits per heavy atom. The smallest absolute Gasteiger partial charge is 0.161 e.